The zero-order chi connectivity index (χ0) is 33.7. The lowest BCUT2D eigenvalue weighted by molar-refractivity contribution is -0.145. The summed E-state index contributed by atoms with van der Waals surface area (Å²) in [6, 6.07) is -4.25. The van der Waals surface area contributed by atoms with E-state index in [0.29, 0.717) is 12.8 Å². The molecule has 4 rings (SSSR count). The molecule has 2 aliphatic carbocycles. The van der Waals surface area contributed by atoms with Crippen LogP contribution in [0, 0.1) is 23.7 Å². The van der Waals surface area contributed by atoms with Crippen LogP contribution in [-0.4, -0.2) is 92.7 Å². The molecule has 0 aromatic carbocycles. The van der Waals surface area contributed by atoms with Gasteiger partial charge in [-0.1, -0.05) is 41.0 Å². The third-order valence-electron chi connectivity index (χ3n) is 8.95. The van der Waals surface area contributed by atoms with Crippen LogP contribution in [0.2, 0.25) is 0 Å². The van der Waals surface area contributed by atoms with Crippen LogP contribution in [0.15, 0.2) is 18.6 Å². The smallest absolute Gasteiger partial charge is 0.289 e. The molecule has 0 bridgehead atoms. The number of rotatable bonds is 14. The lowest BCUT2D eigenvalue weighted by Crippen LogP contribution is -2.60. The van der Waals surface area contributed by atoms with Crippen molar-refractivity contribution in [1.29, 1.82) is 0 Å². The van der Waals surface area contributed by atoms with Gasteiger partial charge in [-0.3, -0.25) is 38.5 Å². The minimum atomic E-state index is -1.08. The van der Waals surface area contributed by atoms with E-state index in [-0.39, 0.29) is 42.8 Å². The molecule has 2 saturated carbocycles. The summed E-state index contributed by atoms with van der Waals surface area (Å²) in [6.45, 7) is 8.83. The summed E-state index contributed by atoms with van der Waals surface area (Å²) in [6.07, 6.45) is 7.12. The van der Waals surface area contributed by atoms with Crippen LogP contribution >= 0.6 is 0 Å². The van der Waals surface area contributed by atoms with Gasteiger partial charge in [-0.25, -0.2) is 4.98 Å². The summed E-state index contributed by atoms with van der Waals surface area (Å²) in [5, 5.41) is 10.8. The average molecular weight is 640 g/mol. The molecule has 14 nitrogen and oxygen atoms in total. The van der Waals surface area contributed by atoms with Crippen LogP contribution in [0.5, 0.6) is 0 Å². The highest BCUT2D eigenvalue weighted by Crippen LogP contribution is 2.41. The lowest BCUT2D eigenvalue weighted by Gasteiger charge is -2.33. The maximum atomic E-state index is 14.2. The van der Waals surface area contributed by atoms with Crippen molar-refractivity contribution in [3.05, 3.63) is 24.3 Å². The Morgan fingerprint density at radius 1 is 0.935 bits per heavy atom. The molecule has 0 radical (unpaired) electrons. The maximum absolute atomic E-state index is 14.2. The Balaban J connectivity index is 1.53. The number of Topliss-reactive ketones (excluding diaryl/α,β-unsaturated/α-hetero) is 2. The quantitative estimate of drug-likeness (QED) is 0.207. The molecule has 3 aliphatic rings. The van der Waals surface area contributed by atoms with Crippen molar-refractivity contribution >= 4 is 41.1 Å². The number of carbonyl (C=O) groups is 7. The molecule has 1 aromatic rings. The van der Waals surface area contributed by atoms with E-state index in [1.807, 2.05) is 6.92 Å². The van der Waals surface area contributed by atoms with Gasteiger partial charge in [0.1, 0.15) is 29.6 Å². The molecule has 3 fully saturated rings. The van der Waals surface area contributed by atoms with Gasteiger partial charge in [0, 0.05) is 43.2 Å². The minimum absolute atomic E-state index is 0.00505. The fraction of sp³-hybridized carbons (Fsp3) is 0.656. The largest absolute Gasteiger partial charge is 0.347 e. The molecule has 5 amide bonds. The molecule has 14 heteroatoms. The van der Waals surface area contributed by atoms with Crippen LogP contribution < -0.4 is 21.3 Å². The van der Waals surface area contributed by atoms with Gasteiger partial charge in [-0.15, -0.1) is 0 Å². The third-order valence-corrected chi connectivity index (χ3v) is 8.95. The van der Waals surface area contributed by atoms with E-state index < -0.39 is 77.2 Å². The molecule has 1 aliphatic heterocycles. The zero-order valence-corrected chi connectivity index (χ0v) is 27.1. The summed E-state index contributed by atoms with van der Waals surface area (Å²) in [7, 11) is 0. The summed E-state index contributed by atoms with van der Waals surface area (Å²) in [5.74, 6) is -5.63. The van der Waals surface area contributed by atoms with E-state index >= 15 is 0 Å². The van der Waals surface area contributed by atoms with Gasteiger partial charge < -0.3 is 26.2 Å². The number of ketones is 2. The molecule has 2 unspecified atom stereocenters. The topological polar surface area (TPSA) is 197 Å². The highest BCUT2D eigenvalue weighted by atomic mass is 16.2. The first kappa shape index (κ1) is 34.6. The van der Waals surface area contributed by atoms with Crippen molar-refractivity contribution in [3.63, 3.8) is 0 Å². The Morgan fingerprint density at radius 2 is 1.63 bits per heavy atom. The molecule has 1 aromatic heterocycles. The van der Waals surface area contributed by atoms with Gasteiger partial charge in [0.25, 0.3) is 11.8 Å². The second kappa shape index (κ2) is 14.9. The van der Waals surface area contributed by atoms with Crippen LogP contribution in [0.4, 0.5) is 0 Å². The predicted octanol–water partition coefficient (Wildman–Crippen LogP) is 0.311. The molecule has 250 valence electrons. The van der Waals surface area contributed by atoms with E-state index in [1.54, 1.807) is 27.7 Å². The fourth-order valence-electron chi connectivity index (χ4n) is 6.23. The van der Waals surface area contributed by atoms with Crippen molar-refractivity contribution in [3.8, 4) is 0 Å². The number of fused-ring (bicyclic) bond motifs is 1. The average Bonchev–Trinajstić information content (AvgIpc) is 3.65. The van der Waals surface area contributed by atoms with Gasteiger partial charge in [0.2, 0.25) is 23.5 Å². The van der Waals surface area contributed by atoms with Crippen molar-refractivity contribution in [2.45, 2.75) is 103 Å². The first-order valence-corrected chi connectivity index (χ1v) is 16.2. The van der Waals surface area contributed by atoms with E-state index in [0.717, 1.165) is 12.8 Å². The maximum Gasteiger partial charge on any atom is 0.289 e. The first-order chi connectivity index (χ1) is 21.8. The number of carbonyl (C=O) groups excluding carboxylic acids is 7. The molecule has 4 N–H and O–H groups in total. The molecule has 6 atom stereocenters. The van der Waals surface area contributed by atoms with E-state index in [4.69, 9.17) is 0 Å². The molecular weight excluding hydrogens is 594 g/mol. The Labute approximate surface area is 268 Å². The summed E-state index contributed by atoms with van der Waals surface area (Å²) >= 11 is 0. The lowest BCUT2D eigenvalue weighted by atomic mass is 9.92. The standard InChI is InChI=1S/C32H45N7O7/c1-6-7-21(27(41)31(45)35-18-8-9-18)36-30(44)26-19-10-11-23(40)20(19)15-39(26)32(46)25(17(4)5)38-29(43)24(16(2)3)37-28(42)22-14-33-12-13-34-22/h12-14,16-21,24-26H,6-11,15H2,1-5H3,(H,35,45)(H,36,44)(H,37,42)(H,38,43)/t19-,20-,21?,24?,25-,26-/m0/s1. The van der Waals surface area contributed by atoms with Crippen molar-refractivity contribution in [2.75, 3.05) is 6.54 Å². The zero-order valence-electron chi connectivity index (χ0n) is 27.1. The van der Waals surface area contributed by atoms with E-state index in [2.05, 4.69) is 31.2 Å². The van der Waals surface area contributed by atoms with Crippen LogP contribution in [0.25, 0.3) is 0 Å². The monoisotopic (exact) mass is 639 g/mol. The van der Waals surface area contributed by atoms with Crippen LogP contribution in [0.3, 0.4) is 0 Å². The molecule has 2 heterocycles. The number of nitrogens with zero attached hydrogens (tertiary/aromatic N) is 3. The number of nitrogens with one attached hydrogen (secondary N) is 4. The summed E-state index contributed by atoms with van der Waals surface area (Å²) < 4.78 is 0. The molecule has 0 spiro atoms. The number of hydrogen-bond donors (Lipinski definition) is 4. The van der Waals surface area contributed by atoms with Crippen LogP contribution in [0.1, 0.15) is 83.6 Å². The van der Waals surface area contributed by atoms with Crippen molar-refractivity contribution in [1.82, 2.24) is 36.1 Å². The molecule has 1 saturated heterocycles. The van der Waals surface area contributed by atoms with Gasteiger partial charge in [0.05, 0.1) is 12.2 Å². The van der Waals surface area contributed by atoms with Crippen LogP contribution in [-0.2, 0) is 28.8 Å². The number of amides is 5. The van der Waals surface area contributed by atoms with E-state index in [9.17, 15) is 33.6 Å². The van der Waals surface area contributed by atoms with Gasteiger partial charge in [0.15, 0.2) is 0 Å². The van der Waals surface area contributed by atoms with Crippen molar-refractivity contribution in [2.24, 2.45) is 23.7 Å². The van der Waals surface area contributed by atoms with Crippen molar-refractivity contribution < 1.29 is 33.6 Å². The van der Waals surface area contributed by atoms with E-state index in [1.165, 1.54) is 23.5 Å². The normalized spacial score (nSPS) is 22.5. The Morgan fingerprint density at radius 3 is 2.22 bits per heavy atom. The van der Waals surface area contributed by atoms with Gasteiger partial charge in [-0.05, 0) is 37.5 Å². The third kappa shape index (κ3) is 7.94. The highest BCUT2D eigenvalue weighted by molar-refractivity contribution is 6.38. The van der Waals surface area contributed by atoms with Gasteiger partial charge in [-0.2, -0.15) is 0 Å². The number of aromatic nitrogens is 2. The Hall–Kier alpha value is -4.23. The summed E-state index contributed by atoms with van der Waals surface area (Å²) in [4.78, 5) is 102. The second-order valence-corrected chi connectivity index (χ2v) is 13.2. The first-order valence-electron chi connectivity index (χ1n) is 16.2. The SMILES string of the molecule is CCCC(NC(=O)[C@@H]1[C@H]2CCC(=O)[C@H]2CN1C(=O)[C@@H](NC(=O)C(NC(=O)c1cnccn1)C(C)C)C(C)C)C(=O)C(=O)NC1CC1. The molecular formula is C32H45N7O7. The Kier molecular flexibility index (Phi) is 11.2. The number of likely N-dealkylation sites (tertiary alicyclic amines) is 1. The highest BCUT2D eigenvalue weighted by Gasteiger charge is 2.54. The predicted molar refractivity (Wildman–Crippen MR) is 165 cm³/mol. The van der Waals surface area contributed by atoms with Gasteiger partial charge >= 0.3 is 0 Å². The fourth-order valence-corrected chi connectivity index (χ4v) is 6.23. The molecule has 46 heavy (non-hydrogen) atoms. The second-order valence-electron chi connectivity index (χ2n) is 13.2. The number of hydrogen-bond acceptors (Lipinski definition) is 9. The Bertz CT molecular complexity index is 1350. The minimum Gasteiger partial charge on any atom is -0.347 e. The summed E-state index contributed by atoms with van der Waals surface area (Å²) in [5.41, 5.74) is 0.0319.